The number of hydrogen-bond donors (Lipinski definition) is 4. The quantitative estimate of drug-likeness (QED) is 0.131. The molecule has 12 atom stereocenters. The van der Waals surface area contributed by atoms with Gasteiger partial charge in [0.1, 0.15) is 11.5 Å². The summed E-state index contributed by atoms with van der Waals surface area (Å²) in [6.45, 7) is 4.01. The van der Waals surface area contributed by atoms with Crippen LogP contribution in [-0.2, 0) is 43.7 Å². The van der Waals surface area contributed by atoms with Gasteiger partial charge in [-0.3, -0.25) is 9.59 Å². The summed E-state index contributed by atoms with van der Waals surface area (Å²) in [5.74, 6) is 2.04. The summed E-state index contributed by atoms with van der Waals surface area (Å²) in [5, 5.41) is 23.8. The smallest absolute Gasteiger partial charge is 0.264 e. The van der Waals surface area contributed by atoms with Crippen LogP contribution in [0.15, 0.2) is 72.8 Å². The molecule has 0 unspecified atom stereocenters. The first kappa shape index (κ1) is 54.7. The predicted octanol–water partition coefficient (Wildman–Crippen LogP) is 9.38. The number of aliphatic hydroxyl groups is 2. The minimum Gasteiger partial charge on any atom is -0.490 e. The number of anilines is 2. The topological polar surface area (TPSA) is 192 Å². The van der Waals surface area contributed by atoms with E-state index in [1.807, 2.05) is 24.3 Å². The van der Waals surface area contributed by atoms with Gasteiger partial charge in [-0.25, -0.2) is 26.3 Å². The number of rotatable bonds is 0. The number of carbonyl (C=O) groups is 2. The maximum absolute atomic E-state index is 13.2. The number of nitrogens with one attached hydrogen (secondary N) is 2. The molecule has 0 radical (unpaired) electrons. The van der Waals surface area contributed by atoms with Crippen LogP contribution in [0, 0.1) is 47.3 Å². The summed E-state index contributed by atoms with van der Waals surface area (Å²) in [4.78, 5) is 31.1. The standard InChI is InChI=1S/2C31H37ClN2O5S/c2*32-24-6-8-26-20(13-24)2-1-11-31(26)17-34-15-22-3-7-25(22)28(35)9-4-19-12-23(19)16-40(37,38)33-30(36)21-5-10-29(39-18-31)27(34)14-21/h2*5-6,8,10,13-14,19,22-23,25,28,35H,1-4,7,9,11-12,15-18H2,(H,33,36)/t19-,22+,23-,25-,28+,31+;19-,22-,23-,25+,28-,31-/m10/s1. The van der Waals surface area contributed by atoms with Crippen LogP contribution >= 0.6 is 23.2 Å². The van der Waals surface area contributed by atoms with E-state index < -0.39 is 31.9 Å². The van der Waals surface area contributed by atoms with Crippen LogP contribution < -0.4 is 28.7 Å². The highest BCUT2D eigenvalue weighted by Crippen LogP contribution is 2.51. The molecule has 2 spiro atoms. The van der Waals surface area contributed by atoms with Gasteiger partial charge in [0.2, 0.25) is 20.0 Å². The van der Waals surface area contributed by atoms with Crippen molar-refractivity contribution in [3.8, 4) is 11.5 Å². The SMILES string of the molecule is O=C1NS(=O)(=O)C[C@@H]2C[C@@H]2CC[C@H](O)[C@@H]2CC[C@H]2CN2C[C@@]3(CCCc4cc(Cl)ccc43)COc3ccc1cc32.O=C1NS(=O)(=O)C[C@H]2C[C@H]2CC[C@H](O)[C@@H]2CC[C@H]2CN2C[C@@]3(CCCc4cc(Cl)ccc43)COc3ccc1cc32. The summed E-state index contributed by atoms with van der Waals surface area (Å²) in [6, 6.07) is 22.9. The third kappa shape index (κ3) is 11.0. The third-order valence-electron chi connectivity index (χ3n) is 20.6. The van der Waals surface area contributed by atoms with Crippen molar-refractivity contribution >= 4 is 66.4 Å². The van der Waals surface area contributed by atoms with Crippen molar-refractivity contribution < 1.29 is 46.1 Å². The van der Waals surface area contributed by atoms with Gasteiger partial charge in [-0.2, -0.15) is 0 Å². The monoisotopic (exact) mass is 1170 g/mol. The molecule has 4 heterocycles. The molecular weight excluding hydrogens is 1100 g/mol. The van der Waals surface area contributed by atoms with E-state index in [9.17, 15) is 36.6 Å². The van der Waals surface area contributed by atoms with Crippen LogP contribution in [0.5, 0.6) is 11.5 Å². The summed E-state index contributed by atoms with van der Waals surface area (Å²) >= 11 is 12.8. The van der Waals surface area contributed by atoms with Crippen molar-refractivity contribution in [3.05, 3.63) is 116 Å². The number of benzene rings is 4. The molecule has 6 aliphatic carbocycles. The fourth-order valence-corrected chi connectivity index (χ4v) is 19.0. The molecule has 4 fully saturated rings. The molecule has 80 heavy (non-hydrogen) atoms. The number of carbonyl (C=O) groups excluding carboxylic acids is 2. The van der Waals surface area contributed by atoms with Gasteiger partial charge in [-0.05, 0) is 233 Å². The number of halogens is 2. The molecule has 18 heteroatoms. The van der Waals surface area contributed by atoms with E-state index in [1.165, 1.54) is 22.3 Å². The van der Waals surface area contributed by atoms with E-state index in [1.54, 1.807) is 24.3 Å². The Bertz CT molecular complexity index is 3110. The Labute approximate surface area is 480 Å². The summed E-state index contributed by atoms with van der Waals surface area (Å²) in [7, 11) is -7.51. The first-order valence-corrected chi connectivity index (χ1v) is 33.5. The highest BCUT2D eigenvalue weighted by atomic mass is 35.5. The molecule has 4 aliphatic heterocycles. The molecule has 14 nitrogen and oxygen atoms in total. The van der Waals surface area contributed by atoms with Gasteiger partial charge in [-0.1, -0.05) is 35.3 Å². The van der Waals surface area contributed by atoms with Crippen molar-refractivity contribution in [3.63, 3.8) is 0 Å². The molecular formula is C62H74Cl2N4O10S2. The molecule has 4 N–H and O–H groups in total. The molecule has 4 saturated carbocycles. The maximum atomic E-state index is 13.2. The second kappa shape index (κ2) is 21.2. The lowest BCUT2D eigenvalue weighted by atomic mass is 9.68. The predicted molar refractivity (Wildman–Crippen MR) is 309 cm³/mol. The number of hydrogen-bond acceptors (Lipinski definition) is 12. The van der Waals surface area contributed by atoms with Crippen LogP contribution in [0.2, 0.25) is 10.0 Å². The zero-order chi connectivity index (χ0) is 55.3. The molecule has 10 aliphatic rings. The van der Waals surface area contributed by atoms with Crippen LogP contribution in [0.25, 0.3) is 0 Å². The Kier molecular flexibility index (Phi) is 14.5. The van der Waals surface area contributed by atoms with Gasteiger partial charge < -0.3 is 29.5 Å². The minimum atomic E-state index is -3.76. The van der Waals surface area contributed by atoms with E-state index in [0.29, 0.717) is 72.4 Å². The van der Waals surface area contributed by atoms with Crippen molar-refractivity contribution in [1.29, 1.82) is 0 Å². The summed E-state index contributed by atoms with van der Waals surface area (Å²) in [6.07, 6.45) is 14.2. The lowest BCUT2D eigenvalue weighted by Crippen LogP contribution is -2.49. The zero-order valence-electron chi connectivity index (χ0n) is 45.3. The Hall–Kier alpha value is -4.58. The van der Waals surface area contributed by atoms with Gasteiger partial charge in [0, 0.05) is 58.2 Å². The van der Waals surface area contributed by atoms with Crippen LogP contribution in [0.4, 0.5) is 11.4 Å². The van der Waals surface area contributed by atoms with E-state index in [0.717, 1.165) is 137 Å². The van der Waals surface area contributed by atoms with E-state index in [2.05, 4.69) is 43.5 Å². The number of sulfonamides is 2. The highest BCUT2D eigenvalue weighted by molar-refractivity contribution is 7.90. The zero-order valence-corrected chi connectivity index (χ0v) is 48.4. The van der Waals surface area contributed by atoms with Gasteiger partial charge in [0.15, 0.2) is 0 Å². The second-order valence-corrected chi connectivity index (χ2v) is 30.2. The molecule has 2 amide bonds. The van der Waals surface area contributed by atoms with Crippen molar-refractivity contribution in [2.24, 2.45) is 47.3 Å². The van der Waals surface area contributed by atoms with Gasteiger partial charge >= 0.3 is 0 Å². The Balaban J connectivity index is 0.000000151. The fraction of sp³-hybridized carbons (Fsp3) is 0.581. The molecule has 4 bridgehead atoms. The minimum absolute atomic E-state index is 0.0440. The lowest BCUT2D eigenvalue weighted by molar-refractivity contribution is 0.00820. The number of nitrogens with zero attached hydrogens (tertiary/aromatic N) is 2. The molecule has 428 valence electrons. The summed E-state index contributed by atoms with van der Waals surface area (Å²) < 4.78 is 69.0. The highest BCUT2D eigenvalue weighted by Gasteiger charge is 2.49. The largest absolute Gasteiger partial charge is 0.490 e. The molecule has 4 aromatic carbocycles. The third-order valence-corrected chi connectivity index (χ3v) is 23.8. The number of amides is 2. The number of ether oxygens (including phenoxy) is 2. The van der Waals surface area contributed by atoms with Crippen molar-refractivity contribution in [2.75, 3.05) is 60.7 Å². The molecule has 4 aromatic rings. The average molecular weight is 1170 g/mol. The maximum Gasteiger partial charge on any atom is 0.264 e. The van der Waals surface area contributed by atoms with Crippen LogP contribution in [0.3, 0.4) is 0 Å². The van der Waals surface area contributed by atoms with Gasteiger partial charge in [0.05, 0.1) is 48.3 Å². The van der Waals surface area contributed by atoms with E-state index in [-0.39, 0.29) is 58.2 Å². The lowest BCUT2D eigenvalue weighted by Gasteiger charge is -2.45. The van der Waals surface area contributed by atoms with E-state index >= 15 is 0 Å². The Morgan fingerprint density at radius 2 is 0.950 bits per heavy atom. The number of fused-ring (bicyclic) bond motifs is 10. The van der Waals surface area contributed by atoms with Gasteiger partial charge in [-0.15, -0.1) is 0 Å². The first-order valence-electron chi connectivity index (χ1n) is 29.5. The molecule has 0 saturated heterocycles. The van der Waals surface area contributed by atoms with Gasteiger partial charge in [0.25, 0.3) is 11.8 Å². The second-order valence-electron chi connectivity index (χ2n) is 25.8. The Morgan fingerprint density at radius 3 is 1.36 bits per heavy atom. The van der Waals surface area contributed by atoms with E-state index in [4.69, 9.17) is 32.7 Å². The fourth-order valence-electron chi connectivity index (χ4n) is 15.7. The van der Waals surface area contributed by atoms with Crippen molar-refractivity contribution in [2.45, 2.75) is 126 Å². The molecule has 14 rings (SSSR count). The summed E-state index contributed by atoms with van der Waals surface area (Å²) in [5.41, 5.74) is 6.87. The Morgan fingerprint density at radius 1 is 0.525 bits per heavy atom. The number of aryl methyl sites for hydroxylation is 2. The van der Waals surface area contributed by atoms with Crippen LogP contribution in [0.1, 0.15) is 133 Å². The number of aliphatic hydroxyl groups excluding tert-OH is 2. The molecule has 0 aromatic heterocycles. The normalized spacial score (nSPS) is 34.7. The average Bonchev–Trinajstić information content (AvgIpc) is 4.35. The van der Waals surface area contributed by atoms with Crippen molar-refractivity contribution in [1.82, 2.24) is 9.44 Å². The van der Waals surface area contributed by atoms with Crippen LogP contribution in [-0.4, -0.2) is 102 Å². The first-order chi connectivity index (χ1) is 38.4.